The number of hydrogen-bond donors (Lipinski definition) is 4. The lowest BCUT2D eigenvalue weighted by atomic mass is 10.1. The number of nitrogens with one attached hydrogen (secondary N) is 2. The maximum atomic E-state index is 11.6. The third-order valence-electron chi connectivity index (χ3n) is 2.43. The molecular weight excluding hydrogens is 254 g/mol. The Hall–Kier alpha value is -2.19. The molecule has 0 aliphatic carbocycles. The van der Waals surface area contributed by atoms with E-state index >= 15 is 0 Å². The molecule has 1 aromatic carbocycles. The van der Waals surface area contributed by atoms with Gasteiger partial charge in [0.25, 0.3) is 5.69 Å². The highest BCUT2D eigenvalue weighted by molar-refractivity contribution is 5.90. The van der Waals surface area contributed by atoms with Crippen molar-refractivity contribution in [2.24, 2.45) is 0 Å². The highest BCUT2D eigenvalue weighted by Crippen LogP contribution is 2.17. The van der Waals surface area contributed by atoms with Crippen LogP contribution < -0.4 is 10.6 Å². The second-order valence-corrected chi connectivity index (χ2v) is 4.26. The molecule has 0 saturated heterocycles. The van der Waals surface area contributed by atoms with E-state index in [0.717, 1.165) is 0 Å². The number of nitrogens with zero attached hydrogens (tertiary/aromatic N) is 1. The van der Waals surface area contributed by atoms with Crippen molar-refractivity contribution in [3.05, 3.63) is 34.4 Å². The van der Waals surface area contributed by atoms with E-state index in [2.05, 4.69) is 10.6 Å². The molecule has 0 aliphatic heterocycles. The van der Waals surface area contributed by atoms with Crippen LogP contribution in [0, 0.1) is 10.1 Å². The van der Waals surface area contributed by atoms with Gasteiger partial charge in [-0.15, -0.1) is 0 Å². The maximum absolute atomic E-state index is 11.6. The molecule has 0 spiro atoms. The zero-order chi connectivity index (χ0) is 14.5. The molecule has 8 heteroatoms. The third-order valence-corrected chi connectivity index (χ3v) is 2.43. The van der Waals surface area contributed by atoms with Gasteiger partial charge in [-0.1, -0.05) is 6.07 Å². The summed E-state index contributed by atoms with van der Waals surface area (Å²) in [5.41, 5.74) is -1.07. The van der Waals surface area contributed by atoms with Crippen LogP contribution in [0.1, 0.15) is 6.92 Å². The van der Waals surface area contributed by atoms with Crippen molar-refractivity contribution in [3.63, 3.8) is 0 Å². The van der Waals surface area contributed by atoms with E-state index in [-0.39, 0.29) is 11.4 Å². The van der Waals surface area contributed by atoms with E-state index in [1.807, 2.05) is 0 Å². The number of benzene rings is 1. The summed E-state index contributed by atoms with van der Waals surface area (Å²) in [5, 5.41) is 33.4. The van der Waals surface area contributed by atoms with E-state index in [9.17, 15) is 14.9 Å². The molecule has 0 aliphatic rings. The van der Waals surface area contributed by atoms with Crippen LogP contribution in [0.4, 0.5) is 16.2 Å². The average molecular weight is 269 g/mol. The summed E-state index contributed by atoms with van der Waals surface area (Å²) < 4.78 is 0. The first kappa shape index (κ1) is 14.9. The zero-order valence-electron chi connectivity index (χ0n) is 10.3. The third kappa shape index (κ3) is 4.19. The summed E-state index contributed by atoms with van der Waals surface area (Å²) >= 11 is 0. The fourth-order valence-electron chi connectivity index (χ4n) is 1.26. The molecule has 0 fully saturated rings. The molecular formula is C11H15N3O5. The zero-order valence-corrected chi connectivity index (χ0v) is 10.3. The van der Waals surface area contributed by atoms with Crippen molar-refractivity contribution in [1.29, 1.82) is 0 Å². The Bertz CT molecular complexity index is 473. The van der Waals surface area contributed by atoms with Crippen molar-refractivity contribution in [3.8, 4) is 0 Å². The van der Waals surface area contributed by atoms with Crippen LogP contribution in [-0.4, -0.2) is 39.9 Å². The smallest absolute Gasteiger partial charge is 0.319 e. The van der Waals surface area contributed by atoms with E-state index in [1.54, 1.807) is 0 Å². The molecule has 1 aromatic rings. The molecule has 1 rings (SSSR count). The Morgan fingerprint density at radius 1 is 1.42 bits per heavy atom. The highest BCUT2D eigenvalue weighted by Gasteiger charge is 2.24. The highest BCUT2D eigenvalue weighted by atomic mass is 16.6. The van der Waals surface area contributed by atoms with Crippen LogP contribution >= 0.6 is 0 Å². The van der Waals surface area contributed by atoms with E-state index in [4.69, 9.17) is 10.2 Å². The summed E-state index contributed by atoms with van der Waals surface area (Å²) in [4.78, 5) is 21.6. The Labute approximate surface area is 109 Å². The molecule has 19 heavy (non-hydrogen) atoms. The lowest BCUT2D eigenvalue weighted by Gasteiger charge is -2.26. The van der Waals surface area contributed by atoms with Gasteiger partial charge in [0, 0.05) is 17.8 Å². The number of nitro benzene ring substituents is 1. The number of carbonyl (C=O) groups is 1. The fraction of sp³-hybridized carbons (Fsp3) is 0.364. The second-order valence-electron chi connectivity index (χ2n) is 4.26. The van der Waals surface area contributed by atoms with Crippen molar-refractivity contribution >= 4 is 17.4 Å². The molecule has 0 heterocycles. The Balaban J connectivity index is 2.72. The fourth-order valence-corrected chi connectivity index (χ4v) is 1.26. The van der Waals surface area contributed by atoms with Gasteiger partial charge in [0.05, 0.1) is 23.7 Å². The molecule has 104 valence electrons. The summed E-state index contributed by atoms with van der Waals surface area (Å²) in [7, 11) is 0. The van der Waals surface area contributed by atoms with Gasteiger partial charge >= 0.3 is 6.03 Å². The SMILES string of the molecule is CC(CO)(CO)NC(=O)Nc1cccc([N+](=O)[O-])c1. The van der Waals surface area contributed by atoms with Crippen LogP contribution in [0.25, 0.3) is 0 Å². The molecule has 0 unspecified atom stereocenters. The van der Waals surface area contributed by atoms with Gasteiger partial charge in [-0.05, 0) is 13.0 Å². The first-order chi connectivity index (χ1) is 8.90. The summed E-state index contributed by atoms with van der Waals surface area (Å²) in [6, 6.07) is 4.75. The van der Waals surface area contributed by atoms with Gasteiger partial charge in [0.2, 0.25) is 0 Å². The molecule has 0 aromatic heterocycles. The molecule has 0 radical (unpaired) electrons. The number of rotatable bonds is 5. The topological polar surface area (TPSA) is 125 Å². The lowest BCUT2D eigenvalue weighted by molar-refractivity contribution is -0.384. The predicted octanol–water partition coefficient (Wildman–Crippen LogP) is 0.460. The Morgan fingerprint density at radius 3 is 2.58 bits per heavy atom. The quantitative estimate of drug-likeness (QED) is 0.456. The average Bonchev–Trinajstić information content (AvgIpc) is 2.38. The minimum Gasteiger partial charge on any atom is -0.394 e. The van der Waals surface area contributed by atoms with Crippen LogP contribution in [0.5, 0.6) is 0 Å². The largest absolute Gasteiger partial charge is 0.394 e. The molecule has 8 nitrogen and oxygen atoms in total. The number of amides is 2. The summed E-state index contributed by atoms with van der Waals surface area (Å²) in [5.74, 6) is 0. The van der Waals surface area contributed by atoms with Gasteiger partial charge in [-0.25, -0.2) is 4.79 Å². The van der Waals surface area contributed by atoms with E-state index < -0.39 is 29.7 Å². The first-order valence-corrected chi connectivity index (χ1v) is 5.45. The number of carbonyl (C=O) groups excluding carboxylic acids is 1. The Kier molecular flexibility index (Phi) is 4.79. The van der Waals surface area contributed by atoms with Crippen molar-refractivity contribution in [2.45, 2.75) is 12.5 Å². The van der Waals surface area contributed by atoms with E-state index in [1.165, 1.54) is 31.2 Å². The summed E-state index contributed by atoms with van der Waals surface area (Å²) in [6.45, 7) is 0.581. The van der Waals surface area contributed by atoms with Crippen LogP contribution in [-0.2, 0) is 0 Å². The predicted molar refractivity (Wildman–Crippen MR) is 67.8 cm³/mol. The molecule has 0 saturated carbocycles. The summed E-state index contributed by atoms with van der Waals surface area (Å²) in [6.07, 6.45) is 0. The monoisotopic (exact) mass is 269 g/mol. The maximum Gasteiger partial charge on any atom is 0.319 e. The standard InChI is InChI=1S/C11H15N3O5/c1-11(6-15,7-16)13-10(17)12-8-3-2-4-9(5-8)14(18)19/h2-5,15-16H,6-7H2,1H3,(H2,12,13,17). The number of urea groups is 1. The molecule has 0 atom stereocenters. The van der Waals surface area contributed by atoms with Gasteiger partial charge in [-0.2, -0.15) is 0 Å². The normalized spacial score (nSPS) is 10.9. The minimum atomic E-state index is -1.16. The molecule has 2 amide bonds. The van der Waals surface area contributed by atoms with Gasteiger partial charge in [0.1, 0.15) is 0 Å². The number of anilines is 1. The van der Waals surface area contributed by atoms with Crippen molar-refractivity contribution in [1.82, 2.24) is 5.32 Å². The molecule has 4 N–H and O–H groups in total. The van der Waals surface area contributed by atoms with Gasteiger partial charge in [0.15, 0.2) is 0 Å². The minimum absolute atomic E-state index is 0.148. The van der Waals surface area contributed by atoms with Crippen LogP contribution in [0.15, 0.2) is 24.3 Å². The van der Waals surface area contributed by atoms with Crippen LogP contribution in [0.3, 0.4) is 0 Å². The number of aliphatic hydroxyl groups is 2. The van der Waals surface area contributed by atoms with Gasteiger partial charge < -0.3 is 20.8 Å². The number of hydrogen-bond acceptors (Lipinski definition) is 5. The van der Waals surface area contributed by atoms with Crippen LogP contribution in [0.2, 0.25) is 0 Å². The van der Waals surface area contributed by atoms with E-state index in [0.29, 0.717) is 0 Å². The number of non-ortho nitro benzene ring substituents is 1. The van der Waals surface area contributed by atoms with Crippen molar-refractivity contribution < 1.29 is 19.9 Å². The van der Waals surface area contributed by atoms with Crippen molar-refractivity contribution in [2.75, 3.05) is 18.5 Å². The number of aliphatic hydroxyl groups excluding tert-OH is 2. The number of nitro groups is 1. The van der Waals surface area contributed by atoms with Gasteiger partial charge in [-0.3, -0.25) is 10.1 Å². The molecule has 0 bridgehead atoms. The Morgan fingerprint density at radius 2 is 2.05 bits per heavy atom. The second kappa shape index (κ2) is 6.12. The lowest BCUT2D eigenvalue weighted by Crippen LogP contribution is -2.53. The first-order valence-electron chi connectivity index (χ1n) is 5.45.